The monoisotopic (exact) mass is 313 g/mol. The third kappa shape index (κ3) is 2.96. The first-order valence-electron chi connectivity index (χ1n) is 6.79. The van der Waals surface area contributed by atoms with E-state index in [1.54, 1.807) is 0 Å². The first kappa shape index (κ1) is 14.6. The van der Waals surface area contributed by atoms with Crippen LogP contribution >= 0.6 is 11.8 Å². The van der Waals surface area contributed by atoms with Crippen LogP contribution in [0.25, 0.3) is 10.8 Å². The molecular formula is C16H15N3O2S. The Bertz CT molecular complexity index is 829. The molecule has 6 heteroatoms. The zero-order chi connectivity index (χ0) is 15.5. The fraction of sp³-hybridized carbons (Fsp3) is 0.188. The normalized spacial score (nSPS) is 10.8. The zero-order valence-corrected chi connectivity index (χ0v) is 13.1. The number of rotatable bonds is 4. The molecule has 1 heterocycles. The summed E-state index contributed by atoms with van der Waals surface area (Å²) in [7, 11) is 1.39. The molecule has 0 saturated heterocycles. The third-order valence-corrected chi connectivity index (χ3v) is 4.30. The van der Waals surface area contributed by atoms with Gasteiger partial charge in [-0.05, 0) is 29.8 Å². The maximum absolute atomic E-state index is 12.0. The van der Waals surface area contributed by atoms with E-state index in [-0.39, 0.29) is 5.97 Å². The third-order valence-electron chi connectivity index (χ3n) is 3.25. The summed E-state index contributed by atoms with van der Waals surface area (Å²) in [5.41, 5.74) is 0.568. The Morgan fingerprint density at radius 1 is 1.27 bits per heavy atom. The van der Waals surface area contributed by atoms with Crippen LogP contribution < -0.4 is 0 Å². The number of benzene rings is 2. The van der Waals surface area contributed by atoms with Gasteiger partial charge in [0.15, 0.2) is 5.82 Å². The molecule has 0 amide bonds. The van der Waals surface area contributed by atoms with Crippen molar-refractivity contribution in [3.05, 3.63) is 53.6 Å². The second-order valence-electron chi connectivity index (χ2n) is 4.81. The highest BCUT2D eigenvalue weighted by molar-refractivity contribution is 7.98. The predicted octanol–water partition coefficient (Wildman–Crippen LogP) is 3.35. The van der Waals surface area contributed by atoms with Crippen molar-refractivity contribution >= 4 is 28.5 Å². The molecule has 0 atom stereocenters. The van der Waals surface area contributed by atoms with Crippen LogP contribution in [0.2, 0.25) is 0 Å². The van der Waals surface area contributed by atoms with E-state index < -0.39 is 0 Å². The van der Waals surface area contributed by atoms with Gasteiger partial charge in [0, 0.05) is 4.90 Å². The van der Waals surface area contributed by atoms with Crippen LogP contribution in [-0.2, 0) is 10.5 Å². The van der Waals surface area contributed by atoms with Gasteiger partial charge < -0.3 is 4.74 Å². The molecule has 1 aromatic heterocycles. The van der Waals surface area contributed by atoms with Crippen molar-refractivity contribution in [2.75, 3.05) is 7.11 Å². The first-order valence-corrected chi connectivity index (χ1v) is 7.77. The molecule has 5 nitrogen and oxygen atoms in total. The molecule has 3 aromatic rings. The molecule has 0 saturated carbocycles. The van der Waals surface area contributed by atoms with Crippen molar-refractivity contribution in [3.63, 3.8) is 0 Å². The average molecular weight is 313 g/mol. The van der Waals surface area contributed by atoms with E-state index in [2.05, 4.69) is 15.2 Å². The van der Waals surface area contributed by atoms with E-state index in [0.717, 1.165) is 21.5 Å². The maximum atomic E-state index is 12.0. The summed E-state index contributed by atoms with van der Waals surface area (Å²) < 4.78 is 4.89. The van der Waals surface area contributed by atoms with Crippen LogP contribution in [0.5, 0.6) is 0 Å². The van der Waals surface area contributed by atoms with Crippen molar-refractivity contribution in [1.29, 1.82) is 0 Å². The van der Waals surface area contributed by atoms with Gasteiger partial charge in [0.1, 0.15) is 5.82 Å². The second kappa shape index (κ2) is 6.19. The summed E-state index contributed by atoms with van der Waals surface area (Å²) in [6.07, 6.45) is 0. The highest BCUT2D eigenvalue weighted by Gasteiger charge is 2.14. The Morgan fingerprint density at radius 3 is 2.64 bits per heavy atom. The van der Waals surface area contributed by atoms with E-state index >= 15 is 0 Å². The lowest BCUT2D eigenvalue weighted by atomic mass is 10.1. The number of carbonyl (C=O) groups is 1. The van der Waals surface area contributed by atoms with E-state index in [1.807, 2.05) is 43.3 Å². The minimum absolute atomic E-state index is 0.334. The number of thioether (sulfide) groups is 1. The summed E-state index contributed by atoms with van der Waals surface area (Å²) in [5.74, 6) is 1.75. The summed E-state index contributed by atoms with van der Waals surface area (Å²) in [5, 5.41) is 9.03. The molecule has 0 aliphatic heterocycles. The van der Waals surface area contributed by atoms with Crippen LogP contribution in [0.15, 0.2) is 41.3 Å². The van der Waals surface area contributed by atoms with Gasteiger partial charge in [-0.25, -0.2) is 9.78 Å². The van der Waals surface area contributed by atoms with Crippen molar-refractivity contribution in [2.45, 2.75) is 17.6 Å². The number of fused-ring (bicyclic) bond motifs is 1. The Morgan fingerprint density at radius 2 is 2.00 bits per heavy atom. The molecule has 2 aromatic carbocycles. The lowest BCUT2D eigenvalue weighted by Crippen LogP contribution is -2.03. The molecule has 112 valence electrons. The molecule has 3 rings (SSSR count). The number of carbonyl (C=O) groups excluding carboxylic acids is 1. The largest absolute Gasteiger partial charge is 0.465 e. The summed E-state index contributed by atoms with van der Waals surface area (Å²) in [6.45, 7) is 1.86. The number of hydrogen-bond acceptors (Lipinski definition) is 5. The number of nitrogens with one attached hydrogen (secondary N) is 1. The number of ether oxygens (including phenoxy) is 1. The molecule has 22 heavy (non-hydrogen) atoms. The lowest BCUT2D eigenvalue weighted by Gasteiger charge is -2.09. The van der Waals surface area contributed by atoms with E-state index in [9.17, 15) is 4.79 Å². The van der Waals surface area contributed by atoms with Gasteiger partial charge in [0.25, 0.3) is 0 Å². The Kier molecular flexibility index (Phi) is 4.11. The van der Waals surface area contributed by atoms with Crippen LogP contribution in [0.3, 0.4) is 0 Å². The SMILES string of the molecule is COC(=O)c1cc2ccccc2cc1SCc1n[nH]c(C)n1. The van der Waals surface area contributed by atoms with Crippen LogP contribution in [-0.4, -0.2) is 28.3 Å². The molecule has 0 aliphatic rings. The van der Waals surface area contributed by atoms with Gasteiger partial charge in [0.2, 0.25) is 0 Å². The van der Waals surface area contributed by atoms with Crippen LogP contribution in [0.4, 0.5) is 0 Å². The van der Waals surface area contributed by atoms with Crippen molar-refractivity contribution < 1.29 is 9.53 Å². The number of methoxy groups -OCH3 is 1. The van der Waals surface area contributed by atoms with E-state index in [4.69, 9.17) is 4.74 Å². The number of aromatic nitrogens is 3. The van der Waals surface area contributed by atoms with Gasteiger partial charge in [-0.2, -0.15) is 5.10 Å². The maximum Gasteiger partial charge on any atom is 0.339 e. The van der Waals surface area contributed by atoms with Crippen molar-refractivity contribution in [1.82, 2.24) is 15.2 Å². The van der Waals surface area contributed by atoms with E-state index in [0.29, 0.717) is 17.1 Å². The second-order valence-corrected chi connectivity index (χ2v) is 5.83. The number of H-pyrrole nitrogens is 1. The summed E-state index contributed by atoms with van der Waals surface area (Å²) >= 11 is 1.53. The Balaban J connectivity index is 1.96. The number of esters is 1. The Hall–Kier alpha value is -2.34. The standard InChI is InChI=1S/C16H15N3O2S/c1-10-17-15(19-18-10)9-22-14-8-12-6-4-3-5-11(12)7-13(14)16(20)21-2/h3-8H,9H2,1-2H3,(H,17,18,19). The lowest BCUT2D eigenvalue weighted by molar-refractivity contribution is 0.0597. The van der Waals surface area contributed by atoms with Gasteiger partial charge in [-0.15, -0.1) is 11.8 Å². The molecule has 0 radical (unpaired) electrons. The van der Waals surface area contributed by atoms with E-state index in [1.165, 1.54) is 18.9 Å². The number of nitrogens with zero attached hydrogens (tertiary/aromatic N) is 2. The molecule has 0 bridgehead atoms. The van der Waals surface area contributed by atoms with Gasteiger partial charge in [0.05, 0.1) is 18.4 Å². The molecule has 1 N–H and O–H groups in total. The first-order chi connectivity index (χ1) is 10.7. The average Bonchev–Trinajstić information content (AvgIpc) is 2.96. The summed E-state index contributed by atoms with van der Waals surface area (Å²) in [4.78, 5) is 17.2. The quantitative estimate of drug-likeness (QED) is 0.591. The van der Waals surface area contributed by atoms with Gasteiger partial charge >= 0.3 is 5.97 Å². The molecular weight excluding hydrogens is 298 g/mol. The fourth-order valence-corrected chi connectivity index (χ4v) is 3.13. The molecule has 0 fully saturated rings. The topological polar surface area (TPSA) is 67.9 Å². The van der Waals surface area contributed by atoms with Crippen LogP contribution in [0, 0.1) is 6.92 Å². The minimum Gasteiger partial charge on any atom is -0.465 e. The van der Waals surface area contributed by atoms with Crippen LogP contribution in [0.1, 0.15) is 22.0 Å². The predicted molar refractivity (Wildman–Crippen MR) is 86.0 cm³/mol. The highest BCUT2D eigenvalue weighted by atomic mass is 32.2. The summed E-state index contributed by atoms with van der Waals surface area (Å²) in [6, 6.07) is 11.8. The molecule has 0 unspecified atom stereocenters. The highest BCUT2D eigenvalue weighted by Crippen LogP contribution is 2.30. The minimum atomic E-state index is -0.334. The van der Waals surface area contributed by atoms with Gasteiger partial charge in [-0.3, -0.25) is 5.10 Å². The number of hydrogen-bond donors (Lipinski definition) is 1. The Labute approximate surface area is 132 Å². The molecule has 0 spiro atoms. The number of aromatic amines is 1. The number of aryl methyl sites for hydroxylation is 1. The fourth-order valence-electron chi connectivity index (χ4n) is 2.20. The smallest absolute Gasteiger partial charge is 0.339 e. The van der Waals surface area contributed by atoms with Gasteiger partial charge in [-0.1, -0.05) is 24.3 Å². The van der Waals surface area contributed by atoms with Crippen molar-refractivity contribution in [2.24, 2.45) is 0 Å². The zero-order valence-electron chi connectivity index (χ0n) is 12.3. The van der Waals surface area contributed by atoms with Crippen molar-refractivity contribution in [3.8, 4) is 0 Å². The molecule has 0 aliphatic carbocycles.